The van der Waals surface area contributed by atoms with E-state index in [2.05, 4.69) is 21.2 Å². The Morgan fingerprint density at radius 1 is 1.55 bits per heavy atom. The first-order valence-corrected chi connectivity index (χ1v) is 8.40. The van der Waals surface area contributed by atoms with Crippen LogP contribution in [0, 0.1) is 5.82 Å². The molecule has 1 unspecified atom stereocenters. The van der Waals surface area contributed by atoms with E-state index in [9.17, 15) is 12.8 Å². The SMILES string of the molecule is CNCC1CN(S(=O)(=O)c2ccc(Br)c(F)c2)CCO1. The van der Waals surface area contributed by atoms with Crippen molar-refractivity contribution in [1.82, 2.24) is 9.62 Å². The van der Waals surface area contributed by atoms with Crippen LogP contribution in [0.4, 0.5) is 4.39 Å². The summed E-state index contributed by atoms with van der Waals surface area (Å²) in [6, 6.07) is 3.82. The first-order chi connectivity index (χ1) is 9.45. The number of ether oxygens (including phenoxy) is 1. The number of nitrogens with one attached hydrogen (secondary N) is 1. The molecule has 0 aliphatic carbocycles. The second-order valence-corrected chi connectivity index (χ2v) is 7.28. The molecule has 1 fully saturated rings. The van der Waals surface area contributed by atoms with Gasteiger partial charge in [0.1, 0.15) is 5.82 Å². The average molecular weight is 367 g/mol. The molecule has 1 heterocycles. The summed E-state index contributed by atoms with van der Waals surface area (Å²) >= 11 is 3.01. The lowest BCUT2D eigenvalue weighted by molar-refractivity contribution is 0.000820. The maximum atomic E-state index is 13.5. The highest BCUT2D eigenvalue weighted by molar-refractivity contribution is 9.10. The Balaban J connectivity index is 2.23. The molecule has 20 heavy (non-hydrogen) atoms. The van der Waals surface area contributed by atoms with Crippen molar-refractivity contribution in [2.75, 3.05) is 33.3 Å². The normalized spacial score (nSPS) is 21.1. The van der Waals surface area contributed by atoms with E-state index >= 15 is 0 Å². The molecular formula is C12H16BrFN2O3S. The Morgan fingerprint density at radius 2 is 2.30 bits per heavy atom. The molecule has 0 amide bonds. The second kappa shape index (κ2) is 6.48. The molecule has 0 saturated carbocycles. The monoisotopic (exact) mass is 366 g/mol. The van der Waals surface area contributed by atoms with E-state index < -0.39 is 15.8 Å². The van der Waals surface area contributed by atoms with Crippen molar-refractivity contribution in [1.29, 1.82) is 0 Å². The van der Waals surface area contributed by atoms with Gasteiger partial charge in [-0.25, -0.2) is 12.8 Å². The first-order valence-electron chi connectivity index (χ1n) is 6.16. The van der Waals surface area contributed by atoms with E-state index in [1.54, 1.807) is 7.05 Å². The van der Waals surface area contributed by atoms with Gasteiger partial charge >= 0.3 is 0 Å². The summed E-state index contributed by atoms with van der Waals surface area (Å²) in [5.74, 6) is -0.592. The van der Waals surface area contributed by atoms with Crippen molar-refractivity contribution in [2.45, 2.75) is 11.0 Å². The lowest BCUT2D eigenvalue weighted by Crippen LogP contribution is -2.48. The van der Waals surface area contributed by atoms with Gasteiger partial charge in [-0.3, -0.25) is 0 Å². The van der Waals surface area contributed by atoms with Gasteiger partial charge in [0.15, 0.2) is 0 Å². The zero-order chi connectivity index (χ0) is 14.8. The number of hydrogen-bond acceptors (Lipinski definition) is 4. The van der Waals surface area contributed by atoms with Gasteiger partial charge in [-0.1, -0.05) is 0 Å². The molecule has 2 rings (SSSR count). The third-order valence-corrected chi connectivity index (χ3v) is 5.57. The minimum atomic E-state index is -3.69. The molecule has 1 atom stereocenters. The fraction of sp³-hybridized carbons (Fsp3) is 0.500. The van der Waals surface area contributed by atoms with Gasteiger partial charge in [0.2, 0.25) is 10.0 Å². The number of hydrogen-bond donors (Lipinski definition) is 1. The fourth-order valence-corrected chi connectivity index (χ4v) is 3.76. The lowest BCUT2D eigenvalue weighted by Gasteiger charge is -2.32. The molecule has 1 aliphatic heterocycles. The minimum absolute atomic E-state index is 0.0386. The van der Waals surface area contributed by atoms with Gasteiger partial charge in [0.25, 0.3) is 0 Å². The fourth-order valence-electron chi connectivity index (χ4n) is 2.05. The van der Waals surface area contributed by atoms with Crippen molar-refractivity contribution in [3.63, 3.8) is 0 Å². The van der Waals surface area contributed by atoms with Crippen LogP contribution in [0.3, 0.4) is 0 Å². The summed E-state index contributed by atoms with van der Waals surface area (Å²) < 4.78 is 45.5. The summed E-state index contributed by atoms with van der Waals surface area (Å²) in [5.41, 5.74) is 0. The van der Waals surface area contributed by atoms with Crippen molar-refractivity contribution >= 4 is 26.0 Å². The number of nitrogens with zero attached hydrogens (tertiary/aromatic N) is 1. The van der Waals surface area contributed by atoms with E-state index in [1.807, 2.05) is 0 Å². The van der Waals surface area contributed by atoms with E-state index in [0.29, 0.717) is 13.2 Å². The van der Waals surface area contributed by atoms with E-state index in [0.717, 1.165) is 6.07 Å². The molecular weight excluding hydrogens is 351 g/mol. The Kier molecular flexibility index (Phi) is 5.14. The highest BCUT2D eigenvalue weighted by Crippen LogP contribution is 2.23. The first kappa shape index (κ1) is 15.8. The van der Waals surface area contributed by atoms with Gasteiger partial charge in [0.05, 0.1) is 22.1 Å². The Hall–Kier alpha value is -0.540. The van der Waals surface area contributed by atoms with Gasteiger partial charge in [0, 0.05) is 19.6 Å². The molecule has 0 radical (unpaired) electrons. The predicted octanol–water partition coefficient (Wildman–Crippen LogP) is 1.20. The number of rotatable bonds is 4. The predicted molar refractivity (Wildman–Crippen MR) is 76.5 cm³/mol. The van der Waals surface area contributed by atoms with Crippen LogP contribution in [0.1, 0.15) is 0 Å². The smallest absolute Gasteiger partial charge is 0.243 e. The van der Waals surface area contributed by atoms with Crippen LogP contribution in [-0.2, 0) is 14.8 Å². The zero-order valence-electron chi connectivity index (χ0n) is 11.0. The Bertz CT molecular complexity index is 580. The van der Waals surface area contributed by atoms with E-state index in [1.165, 1.54) is 16.4 Å². The summed E-state index contributed by atoms with van der Waals surface area (Å²) in [6.07, 6.45) is -0.191. The third-order valence-electron chi connectivity index (χ3n) is 3.06. The van der Waals surface area contributed by atoms with Crippen LogP contribution in [0.25, 0.3) is 0 Å². The lowest BCUT2D eigenvalue weighted by atomic mass is 10.3. The van der Waals surface area contributed by atoms with Crippen molar-refractivity contribution in [2.24, 2.45) is 0 Å². The van der Waals surface area contributed by atoms with Crippen molar-refractivity contribution in [3.05, 3.63) is 28.5 Å². The van der Waals surface area contributed by atoms with Gasteiger partial charge in [-0.05, 0) is 41.2 Å². The molecule has 1 saturated heterocycles. The van der Waals surface area contributed by atoms with E-state index in [-0.39, 0.29) is 28.6 Å². The zero-order valence-corrected chi connectivity index (χ0v) is 13.4. The topological polar surface area (TPSA) is 58.6 Å². The average Bonchev–Trinajstić information content (AvgIpc) is 2.42. The summed E-state index contributed by atoms with van der Waals surface area (Å²) in [7, 11) is -1.91. The van der Waals surface area contributed by atoms with E-state index in [4.69, 9.17) is 4.74 Å². The summed E-state index contributed by atoms with van der Waals surface area (Å²) in [6.45, 7) is 1.45. The Morgan fingerprint density at radius 3 is 2.95 bits per heavy atom. The van der Waals surface area contributed by atoms with Crippen LogP contribution >= 0.6 is 15.9 Å². The molecule has 112 valence electrons. The highest BCUT2D eigenvalue weighted by Gasteiger charge is 2.30. The Labute approximate surface area is 126 Å². The molecule has 1 aromatic carbocycles. The second-order valence-electron chi connectivity index (χ2n) is 4.49. The largest absolute Gasteiger partial charge is 0.374 e. The van der Waals surface area contributed by atoms with Gasteiger partial charge in [-0.2, -0.15) is 4.31 Å². The molecule has 5 nitrogen and oxygen atoms in total. The molecule has 0 aromatic heterocycles. The number of sulfonamides is 1. The molecule has 1 aliphatic rings. The van der Waals surface area contributed by atoms with Gasteiger partial charge in [-0.15, -0.1) is 0 Å². The maximum Gasteiger partial charge on any atom is 0.243 e. The van der Waals surface area contributed by atoms with Gasteiger partial charge < -0.3 is 10.1 Å². The molecule has 0 bridgehead atoms. The minimum Gasteiger partial charge on any atom is -0.374 e. The van der Waals surface area contributed by atoms with Crippen LogP contribution in [0.5, 0.6) is 0 Å². The molecule has 1 aromatic rings. The number of morpholine rings is 1. The highest BCUT2D eigenvalue weighted by atomic mass is 79.9. The summed E-state index contributed by atoms with van der Waals surface area (Å²) in [5, 5.41) is 2.95. The van der Waals surface area contributed by atoms with Crippen LogP contribution in [0.2, 0.25) is 0 Å². The maximum absolute atomic E-state index is 13.5. The van der Waals surface area contributed by atoms with Crippen molar-refractivity contribution in [3.8, 4) is 0 Å². The van der Waals surface area contributed by atoms with Crippen LogP contribution in [0.15, 0.2) is 27.6 Å². The third kappa shape index (κ3) is 3.37. The standard InChI is InChI=1S/C12H16BrFN2O3S/c1-15-7-9-8-16(4-5-19-9)20(17,18)10-2-3-11(13)12(14)6-10/h2-3,6,9,15H,4-5,7-8H2,1H3. The molecule has 0 spiro atoms. The van der Waals surface area contributed by atoms with Crippen LogP contribution in [-0.4, -0.2) is 52.1 Å². The molecule has 1 N–H and O–H groups in total. The molecule has 8 heteroatoms. The van der Waals surface area contributed by atoms with Crippen molar-refractivity contribution < 1.29 is 17.5 Å². The summed E-state index contributed by atoms with van der Waals surface area (Å²) in [4.78, 5) is -0.0386. The number of benzene rings is 1. The quantitative estimate of drug-likeness (QED) is 0.869. The van der Waals surface area contributed by atoms with Crippen LogP contribution < -0.4 is 5.32 Å². The number of likely N-dealkylation sites (N-methyl/N-ethyl adjacent to an activating group) is 1. The number of halogens is 2.